The van der Waals surface area contributed by atoms with Crippen molar-refractivity contribution in [3.63, 3.8) is 0 Å². The average Bonchev–Trinajstić information content (AvgIpc) is 2.63. The molecular formula is C22H41NO6. The largest absolute Gasteiger partial charge is 0.544 e. The van der Waals surface area contributed by atoms with Gasteiger partial charge in [-0.2, -0.15) is 0 Å². The number of aliphatic hydroxyl groups is 1. The minimum atomic E-state index is -1.12. The fourth-order valence-electron chi connectivity index (χ4n) is 2.83. The topological polar surface area (TPSA) is 95.9 Å². The molecule has 0 aliphatic rings. The molecule has 0 saturated carbocycles. The smallest absolute Gasteiger partial charge is 0.305 e. The summed E-state index contributed by atoms with van der Waals surface area (Å²) < 4.78 is 10.6. The van der Waals surface area contributed by atoms with Crippen LogP contribution in [0.3, 0.4) is 0 Å². The number of carboxylic acid groups (broad SMARTS) is 1. The molecule has 2 atom stereocenters. The molecule has 0 aliphatic heterocycles. The summed E-state index contributed by atoms with van der Waals surface area (Å²) in [5.41, 5.74) is 0. The van der Waals surface area contributed by atoms with Gasteiger partial charge in [0.15, 0.2) is 0 Å². The number of ether oxygens (including phenoxy) is 2. The molecule has 0 radical (unpaired) electrons. The molecule has 0 aromatic carbocycles. The van der Waals surface area contributed by atoms with Gasteiger partial charge in [0.2, 0.25) is 0 Å². The lowest BCUT2D eigenvalue weighted by Crippen LogP contribution is -2.55. The lowest BCUT2D eigenvalue weighted by Gasteiger charge is -2.34. The standard InChI is InChI=1S/C22H41NO6/c1-5-6-7-8-9-10-11-12-13-14-21(25)29-18-19(24)17-28-16-15-20(22(26)27)23(2,3)4/h10-11,19-20,24H,5-9,12-18H2,1-4H3/b11-10+. The summed E-state index contributed by atoms with van der Waals surface area (Å²) in [6, 6.07) is -0.685. The Bertz CT molecular complexity index is 472. The maximum Gasteiger partial charge on any atom is 0.305 e. The molecule has 0 amide bonds. The van der Waals surface area contributed by atoms with Crippen LogP contribution in [0.25, 0.3) is 0 Å². The van der Waals surface area contributed by atoms with E-state index in [1.54, 1.807) is 21.1 Å². The monoisotopic (exact) mass is 415 g/mol. The van der Waals surface area contributed by atoms with Crippen LogP contribution in [0.15, 0.2) is 12.2 Å². The van der Waals surface area contributed by atoms with E-state index in [0.717, 1.165) is 19.3 Å². The van der Waals surface area contributed by atoms with Crippen molar-refractivity contribution in [2.24, 2.45) is 0 Å². The SMILES string of the molecule is CCCCCC/C=C/CCCC(=O)OCC(O)COCCC(C(=O)[O-])[N+](C)(C)C. The molecule has 0 aromatic heterocycles. The summed E-state index contributed by atoms with van der Waals surface area (Å²) in [6.45, 7) is 2.25. The van der Waals surface area contributed by atoms with Crippen molar-refractivity contribution < 1.29 is 33.8 Å². The zero-order valence-corrected chi connectivity index (χ0v) is 18.7. The Morgan fingerprint density at radius 3 is 2.28 bits per heavy atom. The predicted octanol–water partition coefficient (Wildman–Crippen LogP) is 1.82. The number of esters is 1. The van der Waals surface area contributed by atoms with E-state index in [-0.39, 0.29) is 36.7 Å². The first-order valence-corrected chi connectivity index (χ1v) is 10.8. The molecule has 0 heterocycles. The molecule has 0 rings (SSSR count). The van der Waals surface area contributed by atoms with Crippen LogP contribution in [0.4, 0.5) is 0 Å². The van der Waals surface area contributed by atoms with Gasteiger partial charge in [-0.15, -0.1) is 0 Å². The highest BCUT2D eigenvalue weighted by atomic mass is 16.5. The van der Waals surface area contributed by atoms with Crippen molar-refractivity contribution in [1.82, 2.24) is 0 Å². The molecule has 0 spiro atoms. The van der Waals surface area contributed by atoms with E-state index in [4.69, 9.17) is 9.47 Å². The maximum absolute atomic E-state index is 11.7. The molecule has 1 N–H and O–H groups in total. The summed E-state index contributed by atoms with van der Waals surface area (Å²) in [5.74, 6) is -1.45. The Morgan fingerprint density at radius 2 is 1.69 bits per heavy atom. The van der Waals surface area contributed by atoms with Gasteiger partial charge >= 0.3 is 5.97 Å². The average molecular weight is 416 g/mol. The number of quaternary nitrogens is 1. The zero-order chi connectivity index (χ0) is 22.1. The Labute approximate surface area is 176 Å². The van der Waals surface area contributed by atoms with Crippen LogP contribution in [0, 0.1) is 0 Å². The number of unbranched alkanes of at least 4 members (excludes halogenated alkanes) is 5. The van der Waals surface area contributed by atoms with Crippen molar-refractivity contribution in [1.29, 1.82) is 0 Å². The molecule has 7 heteroatoms. The summed E-state index contributed by atoms with van der Waals surface area (Å²) in [6.07, 6.45) is 11.6. The third kappa shape index (κ3) is 16.1. The lowest BCUT2D eigenvalue weighted by atomic mass is 10.1. The first kappa shape index (κ1) is 27.6. The molecule has 0 bridgehead atoms. The highest BCUT2D eigenvalue weighted by molar-refractivity contribution is 5.69. The highest BCUT2D eigenvalue weighted by Gasteiger charge is 2.24. The molecule has 0 aromatic rings. The van der Waals surface area contributed by atoms with Crippen molar-refractivity contribution in [2.45, 2.75) is 76.9 Å². The number of rotatable bonds is 18. The lowest BCUT2D eigenvalue weighted by molar-refractivity contribution is -0.889. The van der Waals surface area contributed by atoms with Gasteiger partial charge in [0, 0.05) is 12.8 Å². The summed E-state index contributed by atoms with van der Waals surface area (Å²) in [4.78, 5) is 22.8. The van der Waals surface area contributed by atoms with Crippen LogP contribution in [0.1, 0.15) is 64.7 Å². The molecule has 7 nitrogen and oxygen atoms in total. The van der Waals surface area contributed by atoms with Gasteiger partial charge in [0.1, 0.15) is 18.8 Å². The third-order valence-electron chi connectivity index (χ3n) is 4.63. The second-order valence-electron chi connectivity index (χ2n) is 8.36. The van der Waals surface area contributed by atoms with Gasteiger partial charge in [-0.25, -0.2) is 0 Å². The molecule has 0 aliphatic carbocycles. The van der Waals surface area contributed by atoms with Crippen LogP contribution in [0.5, 0.6) is 0 Å². The van der Waals surface area contributed by atoms with Crippen molar-refractivity contribution >= 4 is 11.9 Å². The van der Waals surface area contributed by atoms with E-state index in [1.807, 2.05) is 0 Å². The molecule has 29 heavy (non-hydrogen) atoms. The van der Waals surface area contributed by atoms with Crippen LogP contribution in [-0.2, 0) is 19.1 Å². The fraction of sp³-hybridized carbons (Fsp3) is 0.818. The zero-order valence-electron chi connectivity index (χ0n) is 18.7. The van der Waals surface area contributed by atoms with Gasteiger partial charge in [0.05, 0.1) is 40.3 Å². The number of aliphatic hydroxyl groups excluding tert-OH is 1. The molecule has 170 valence electrons. The van der Waals surface area contributed by atoms with E-state index in [0.29, 0.717) is 6.42 Å². The minimum Gasteiger partial charge on any atom is -0.544 e. The maximum atomic E-state index is 11.7. The number of hydrogen-bond acceptors (Lipinski definition) is 6. The number of carbonyl (C=O) groups is 2. The third-order valence-corrected chi connectivity index (χ3v) is 4.63. The Morgan fingerprint density at radius 1 is 1.03 bits per heavy atom. The molecule has 0 saturated heterocycles. The van der Waals surface area contributed by atoms with Gasteiger partial charge in [0.25, 0.3) is 0 Å². The number of carboxylic acids is 1. The number of carbonyl (C=O) groups excluding carboxylic acids is 2. The molecular weight excluding hydrogens is 374 g/mol. The number of likely N-dealkylation sites (N-methyl/N-ethyl adjacent to an activating group) is 1. The Balaban J connectivity index is 3.73. The quantitative estimate of drug-likeness (QED) is 0.159. The number of allylic oxidation sites excluding steroid dienone is 2. The van der Waals surface area contributed by atoms with Crippen LogP contribution in [-0.4, -0.2) is 74.6 Å². The predicted molar refractivity (Wildman–Crippen MR) is 111 cm³/mol. The van der Waals surface area contributed by atoms with Crippen LogP contribution < -0.4 is 5.11 Å². The van der Waals surface area contributed by atoms with Gasteiger partial charge < -0.3 is 29.0 Å². The summed E-state index contributed by atoms with van der Waals surface area (Å²) in [7, 11) is 5.33. The Hall–Kier alpha value is -1.44. The van der Waals surface area contributed by atoms with Crippen LogP contribution >= 0.6 is 0 Å². The molecule has 0 fully saturated rings. The minimum absolute atomic E-state index is 0.00897. The van der Waals surface area contributed by atoms with Gasteiger partial charge in [-0.05, 0) is 25.7 Å². The number of nitrogens with zero attached hydrogens (tertiary/aromatic N) is 1. The van der Waals surface area contributed by atoms with E-state index < -0.39 is 18.1 Å². The van der Waals surface area contributed by atoms with E-state index in [9.17, 15) is 19.8 Å². The van der Waals surface area contributed by atoms with Crippen LogP contribution in [0.2, 0.25) is 0 Å². The first-order valence-electron chi connectivity index (χ1n) is 10.8. The fourth-order valence-corrected chi connectivity index (χ4v) is 2.83. The summed E-state index contributed by atoms with van der Waals surface area (Å²) >= 11 is 0. The van der Waals surface area contributed by atoms with E-state index >= 15 is 0 Å². The van der Waals surface area contributed by atoms with E-state index in [2.05, 4.69) is 19.1 Å². The normalized spacial score (nSPS) is 14.1. The Kier molecular flexibility index (Phi) is 15.6. The summed E-state index contributed by atoms with van der Waals surface area (Å²) in [5, 5.41) is 21.0. The van der Waals surface area contributed by atoms with E-state index in [1.165, 1.54) is 25.7 Å². The van der Waals surface area contributed by atoms with Crippen molar-refractivity contribution in [3.8, 4) is 0 Å². The second-order valence-corrected chi connectivity index (χ2v) is 8.36. The highest BCUT2D eigenvalue weighted by Crippen LogP contribution is 2.08. The van der Waals surface area contributed by atoms with Crippen molar-refractivity contribution in [2.75, 3.05) is 41.0 Å². The van der Waals surface area contributed by atoms with Gasteiger partial charge in [-0.1, -0.05) is 38.3 Å². The van der Waals surface area contributed by atoms with Gasteiger partial charge in [-0.3, -0.25) is 4.79 Å². The number of aliphatic carboxylic acids is 1. The second kappa shape index (κ2) is 16.4. The number of hydrogen-bond donors (Lipinski definition) is 1. The first-order chi connectivity index (χ1) is 13.7. The molecule has 2 unspecified atom stereocenters. The van der Waals surface area contributed by atoms with Crippen molar-refractivity contribution in [3.05, 3.63) is 12.2 Å².